The minimum absolute atomic E-state index is 0.380. The zero-order valence-electron chi connectivity index (χ0n) is 14.9. The number of benzene rings is 1. The fourth-order valence-electron chi connectivity index (χ4n) is 2.83. The molecule has 2 N–H and O–H groups in total. The molecule has 1 aromatic carbocycles. The van der Waals surface area contributed by atoms with Gasteiger partial charge in [0.1, 0.15) is 0 Å². The highest BCUT2D eigenvalue weighted by Gasteiger charge is 2.29. The second kappa shape index (κ2) is 10.0. The van der Waals surface area contributed by atoms with Crippen LogP contribution < -0.4 is 10.6 Å². The van der Waals surface area contributed by atoms with Crippen LogP contribution in [-0.4, -0.2) is 63.9 Å². The van der Waals surface area contributed by atoms with Gasteiger partial charge in [-0.3, -0.25) is 4.99 Å². The van der Waals surface area contributed by atoms with Gasteiger partial charge in [-0.15, -0.1) is 0 Å². The van der Waals surface area contributed by atoms with Crippen LogP contribution in [-0.2, 0) is 10.0 Å². The molecular weight excluding hydrogens is 356 g/mol. The van der Waals surface area contributed by atoms with E-state index in [1.54, 1.807) is 47.4 Å². The minimum atomic E-state index is -3.36. The van der Waals surface area contributed by atoms with Gasteiger partial charge in [0, 0.05) is 39.0 Å². The summed E-state index contributed by atoms with van der Waals surface area (Å²) in [6.45, 7) is 2.84. The SMILES string of the molecule is CN=C(NCCSC)NCC1CCN(S(=O)(=O)c2ccccc2)CC1. The van der Waals surface area contributed by atoms with E-state index in [0.717, 1.165) is 37.6 Å². The van der Waals surface area contributed by atoms with Gasteiger partial charge >= 0.3 is 0 Å². The van der Waals surface area contributed by atoms with Gasteiger partial charge in [-0.2, -0.15) is 16.1 Å². The maximum Gasteiger partial charge on any atom is 0.243 e. The molecule has 0 atom stereocenters. The van der Waals surface area contributed by atoms with Gasteiger partial charge in [0.25, 0.3) is 0 Å². The highest BCUT2D eigenvalue weighted by atomic mass is 32.2. The van der Waals surface area contributed by atoms with E-state index in [1.807, 2.05) is 6.07 Å². The Hall–Kier alpha value is -1.25. The van der Waals surface area contributed by atoms with E-state index in [4.69, 9.17) is 0 Å². The average molecular weight is 385 g/mol. The molecule has 0 radical (unpaired) electrons. The highest BCUT2D eigenvalue weighted by Crippen LogP contribution is 2.23. The van der Waals surface area contributed by atoms with Crippen LogP contribution in [0.15, 0.2) is 40.2 Å². The summed E-state index contributed by atoms with van der Waals surface area (Å²) in [5.74, 6) is 2.31. The molecular formula is C17H28N4O2S2. The van der Waals surface area contributed by atoms with Crippen molar-refractivity contribution in [1.29, 1.82) is 0 Å². The van der Waals surface area contributed by atoms with Crippen molar-refractivity contribution in [1.82, 2.24) is 14.9 Å². The Labute approximate surface area is 155 Å². The standard InChI is InChI=1S/C17H28N4O2S2/c1-18-17(19-10-13-24-2)20-14-15-8-11-21(12-9-15)25(22,23)16-6-4-3-5-7-16/h3-7,15H,8-14H2,1-2H3,(H2,18,19,20). The molecule has 25 heavy (non-hydrogen) atoms. The molecule has 2 rings (SSSR count). The molecule has 0 saturated carbocycles. The number of rotatable bonds is 7. The second-order valence-corrected chi connectivity index (χ2v) is 8.96. The van der Waals surface area contributed by atoms with E-state index in [-0.39, 0.29) is 0 Å². The Kier molecular flexibility index (Phi) is 8.05. The third-order valence-electron chi connectivity index (χ3n) is 4.33. The maximum atomic E-state index is 12.6. The Morgan fingerprint density at radius 3 is 2.52 bits per heavy atom. The molecule has 0 aliphatic carbocycles. The lowest BCUT2D eigenvalue weighted by molar-refractivity contribution is 0.273. The molecule has 1 fully saturated rings. The molecule has 1 aliphatic rings. The number of hydrogen-bond donors (Lipinski definition) is 2. The van der Waals surface area contributed by atoms with Crippen LogP contribution >= 0.6 is 11.8 Å². The Balaban J connectivity index is 1.80. The van der Waals surface area contributed by atoms with E-state index < -0.39 is 10.0 Å². The molecule has 6 nitrogen and oxygen atoms in total. The summed E-state index contributed by atoms with van der Waals surface area (Å²) < 4.78 is 26.9. The van der Waals surface area contributed by atoms with Gasteiger partial charge in [0.2, 0.25) is 10.0 Å². The van der Waals surface area contributed by atoms with Crippen LogP contribution in [0.25, 0.3) is 0 Å². The number of sulfonamides is 1. The fraction of sp³-hybridized carbons (Fsp3) is 0.588. The van der Waals surface area contributed by atoms with Crippen molar-refractivity contribution in [2.45, 2.75) is 17.7 Å². The highest BCUT2D eigenvalue weighted by molar-refractivity contribution is 7.98. The monoisotopic (exact) mass is 384 g/mol. The number of hydrogen-bond acceptors (Lipinski definition) is 4. The lowest BCUT2D eigenvalue weighted by Crippen LogP contribution is -2.44. The zero-order chi connectivity index (χ0) is 18.1. The molecule has 140 valence electrons. The number of aliphatic imine (C=N–C) groups is 1. The van der Waals surface area contributed by atoms with Gasteiger partial charge in [-0.05, 0) is 37.1 Å². The van der Waals surface area contributed by atoms with Crippen LogP contribution in [0.5, 0.6) is 0 Å². The van der Waals surface area contributed by atoms with Crippen LogP contribution in [0.1, 0.15) is 12.8 Å². The van der Waals surface area contributed by atoms with E-state index >= 15 is 0 Å². The third-order valence-corrected chi connectivity index (χ3v) is 6.86. The topological polar surface area (TPSA) is 73.8 Å². The summed E-state index contributed by atoms with van der Waals surface area (Å²) in [5, 5.41) is 6.62. The first-order valence-electron chi connectivity index (χ1n) is 8.56. The van der Waals surface area contributed by atoms with Gasteiger partial charge in [0.05, 0.1) is 4.90 Å². The Morgan fingerprint density at radius 2 is 1.92 bits per heavy atom. The largest absolute Gasteiger partial charge is 0.356 e. The molecule has 0 amide bonds. The van der Waals surface area contributed by atoms with Crippen molar-refractivity contribution in [2.24, 2.45) is 10.9 Å². The molecule has 0 spiro atoms. The molecule has 1 aromatic rings. The summed E-state index contributed by atoms with van der Waals surface area (Å²) in [7, 11) is -1.59. The van der Waals surface area contributed by atoms with E-state index in [0.29, 0.717) is 23.9 Å². The number of piperidine rings is 1. The lowest BCUT2D eigenvalue weighted by atomic mass is 9.98. The summed E-state index contributed by atoms with van der Waals surface area (Å²) in [6.07, 6.45) is 3.80. The maximum absolute atomic E-state index is 12.6. The van der Waals surface area contributed by atoms with Crippen LogP contribution in [0, 0.1) is 5.92 Å². The van der Waals surface area contributed by atoms with E-state index in [9.17, 15) is 8.42 Å². The quantitative estimate of drug-likeness (QED) is 0.424. The van der Waals surface area contributed by atoms with Crippen molar-refractivity contribution in [2.75, 3.05) is 45.2 Å². The number of thioether (sulfide) groups is 1. The summed E-state index contributed by atoms with van der Waals surface area (Å²) in [5.41, 5.74) is 0. The smallest absolute Gasteiger partial charge is 0.243 e. The normalized spacial score (nSPS) is 17.4. The van der Waals surface area contributed by atoms with E-state index in [2.05, 4.69) is 21.9 Å². The van der Waals surface area contributed by atoms with Crippen LogP contribution in [0.2, 0.25) is 0 Å². The number of nitrogens with zero attached hydrogens (tertiary/aromatic N) is 2. The van der Waals surface area contributed by atoms with Crippen molar-refractivity contribution >= 4 is 27.7 Å². The Morgan fingerprint density at radius 1 is 1.24 bits per heavy atom. The molecule has 0 aromatic heterocycles. The first-order chi connectivity index (χ1) is 12.1. The van der Waals surface area contributed by atoms with E-state index in [1.165, 1.54) is 0 Å². The predicted molar refractivity (Wildman–Crippen MR) is 106 cm³/mol. The van der Waals surface area contributed by atoms with Gasteiger partial charge in [-0.25, -0.2) is 8.42 Å². The molecule has 0 bridgehead atoms. The van der Waals surface area contributed by atoms with Gasteiger partial charge in [0.15, 0.2) is 5.96 Å². The molecule has 0 unspecified atom stereocenters. The summed E-state index contributed by atoms with van der Waals surface area (Å²) in [6, 6.07) is 8.68. The first kappa shape index (κ1) is 20.1. The van der Waals surface area contributed by atoms with Gasteiger partial charge < -0.3 is 10.6 Å². The average Bonchev–Trinajstić information content (AvgIpc) is 2.65. The molecule has 1 saturated heterocycles. The predicted octanol–water partition coefficient (Wildman–Crippen LogP) is 1.62. The van der Waals surface area contributed by atoms with Crippen LogP contribution in [0.3, 0.4) is 0 Å². The molecule has 1 heterocycles. The lowest BCUT2D eigenvalue weighted by Gasteiger charge is -2.31. The summed E-state index contributed by atoms with van der Waals surface area (Å²) >= 11 is 1.79. The Bertz CT molecular complexity index is 642. The second-order valence-electron chi connectivity index (χ2n) is 6.03. The zero-order valence-corrected chi connectivity index (χ0v) is 16.6. The minimum Gasteiger partial charge on any atom is -0.356 e. The molecule has 1 aliphatic heterocycles. The number of guanidine groups is 1. The van der Waals surface area contributed by atoms with Crippen LogP contribution in [0.4, 0.5) is 0 Å². The van der Waals surface area contributed by atoms with Gasteiger partial charge in [-0.1, -0.05) is 18.2 Å². The van der Waals surface area contributed by atoms with Crippen molar-refractivity contribution in [3.63, 3.8) is 0 Å². The van der Waals surface area contributed by atoms with Crippen molar-refractivity contribution in [3.8, 4) is 0 Å². The fourth-order valence-corrected chi connectivity index (χ4v) is 4.63. The molecule has 8 heteroatoms. The number of nitrogens with one attached hydrogen (secondary N) is 2. The summed E-state index contributed by atoms with van der Waals surface area (Å²) in [4.78, 5) is 4.60. The third kappa shape index (κ3) is 5.90. The van der Waals surface area contributed by atoms with Crippen molar-refractivity contribution in [3.05, 3.63) is 30.3 Å². The first-order valence-corrected chi connectivity index (χ1v) is 11.4. The van der Waals surface area contributed by atoms with Crippen molar-refractivity contribution < 1.29 is 8.42 Å².